The number of aromatic hydroxyl groups is 4. The molecule has 0 saturated heterocycles. The van der Waals surface area contributed by atoms with Crippen molar-refractivity contribution in [2.45, 2.75) is 6.92 Å². The van der Waals surface area contributed by atoms with Crippen molar-refractivity contribution in [1.29, 1.82) is 0 Å². The van der Waals surface area contributed by atoms with Crippen LogP contribution in [0, 0.1) is 6.92 Å². The second kappa shape index (κ2) is 4.70. The number of fused-ring (bicyclic) bond motifs is 1. The third-order valence-corrected chi connectivity index (χ3v) is 3.45. The van der Waals surface area contributed by atoms with E-state index in [2.05, 4.69) is 0 Å². The molecule has 0 aliphatic carbocycles. The van der Waals surface area contributed by atoms with Gasteiger partial charge >= 0.3 is 0 Å². The molecule has 112 valence electrons. The van der Waals surface area contributed by atoms with E-state index in [1.54, 1.807) is 6.92 Å². The lowest BCUT2D eigenvalue weighted by atomic mass is 10.0. The molecule has 3 rings (SSSR count). The molecule has 0 aliphatic heterocycles. The Balaban J connectivity index is 2.35. The molecule has 0 fully saturated rings. The molecule has 22 heavy (non-hydrogen) atoms. The molecule has 3 aromatic rings. The summed E-state index contributed by atoms with van der Waals surface area (Å²) >= 11 is 0. The molecule has 0 saturated carbocycles. The number of benzene rings is 2. The van der Waals surface area contributed by atoms with Crippen molar-refractivity contribution in [2.24, 2.45) is 0 Å². The molecule has 6 nitrogen and oxygen atoms in total. The van der Waals surface area contributed by atoms with E-state index in [0.717, 1.165) is 12.1 Å². The molecule has 1 aromatic heterocycles. The maximum absolute atomic E-state index is 12.4. The van der Waals surface area contributed by atoms with E-state index < -0.39 is 11.5 Å². The first-order chi connectivity index (χ1) is 10.4. The standard InChI is InChI=1S/C16H12O6/c1-7-15(21)9-5-12(19)13(20)6-14(9)22-16(7)8-2-3-10(17)11(18)4-8/h2-6,17-20H,1H3. The van der Waals surface area contributed by atoms with Crippen LogP contribution in [-0.4, -0.2) is 20.4 Å². The first-order valence-corrected chi connectivity index (χ1v) is 6.40. The van der Waals surface area contributed by atoms with E-state index in [1.807, 2.05) is 0 Å². The molecule has 0 atom stereocenters. The summed E-state index contributed by atoms with van der Waals surface area (Å²) in [4.78, 5) is 12.4. The number of rotatable bonds is 1. The summed E-state index contributed by atoms with van der Waals surface area (Å²) in [5.74, 6) is -1.23. The van der Waals surface area contributed by atoms with Crippen LogP contribution in [0.3, 0.4) is 0 Å². The van der Waals surface area contributed by atoms with E-state index in [0.29, 0.717) is 5.56 Å². The molecule has 0 bridgehead atoms. The molecule has 6 heteroatoms. The Morgan fingerprint density at radius 2 is 1.50 bits per heavy atom. The molecule has 0 amide bonds. The Labute approximate surface area is 124 Å². The summed E-state index contributed by atoms with van der Waals surface area (Å²) in [6.45, 7) is 1.55. The van der Waals surface area contributed by atoms with Crippen LogP contribution in [0.15, 0.2) is 39.5 Å². The topological polar surface area (TPSA) is 111 Å². The fraction of sp³-hybridized carbons (Fsp3) is 0.0625. The molecular weight excluding hydrogens is 288 g/mol. The van der Waals surface area contributed by atoms with Crippen molar-refractivity contribution >= 4 is 11.0 Å². The smallest absolute Gasteiger partial charge is 0.196 e. The van der Waals surface area contributed by atoms with Crippen LogP contribution in [0.1, 0.15) is 5.56 Å². The van der Waals surface area contributed by atoms with Gasteiger partial charge in [0.2, 0.25) is 0 Å². The number of phenols is 4. The van der Waals surface area contributed by atoms with E-state index in [1.165, 1.54) is 18.2 Å². The third kappa shape index (κ3) is 2.01. The van der Waals surface area contributed by atoms with Crippen molar-refractivity contribution in [1.82, 2.24) is 0 Å². The average Bonchev–Trinajstić information content (AvgIpc) is 2.48. The van der Waals surface area contributed by atoms with Gasteiger partial charge in [-0.05, 0) is 31.2 Å². The van der Waals surface area contributed by atoms with Crippen LogP contribution < -0.4 is 5.43 Å². The first-order valence-electron chi connectivity index (χ1n) is 6.40. The highest BCUT2D eigenvalue weighted by atomic mass is 16.3. The number of hydrogen-bond acceptors (Lipinski definition) is 6. The van der Waals surface area contributed by atoms with Crippen molar-refractivity contribution in [2.75, 3.05) is 0 Å². The van der Waals surface area contributed by atoms with Crippen LogP contribution in [0.25, 0.3) is 22.3 Å². The SMILES string of the molecule is Cc1c(-c2ccc(O)c(O)c2)oc2cc(O)c(O)cc2c1=O. The molecule has 4 N–H and O–H groups in total. The fourth-order valence-corrected chi connectivity index (χ4v) is 2.25. The van der Waals surface area contributed by atoms with Gasteiger partial charge in [0.1, 0.15) is 11.3 Å². The maximum atomic E-state index is 12.4. The van der Waals surface area contributed by atoms with Gasteiger partial charge in [-0.2, -0.15) is 0 Å². The van der Waals surface area contributed by atoms with Gasteiger partial charge < -0.3 is 24.8 Å². The summed E-state index contributed by atoms with van der Waals surface area (Å²) in [5.41, 5.74) is 0.426. The van der Waals surface area contributed by atoms with Gasteiger partial charge in [-0.3, -0.25) is 4.79 Å². The quantitative estimate of drug-likeness (QED) is 0.514. The number of hydrogen-bond donors (Lipinski definition) is 4. The van der Waals surface area contributed by atoms with Crippen molar-refractivity contribution in [3.8, 4) is 34.3 Å². The number of phenolic OH excluding ortho intramolecular Hbond substituents is 4. The molecule has 0 radical (unpaired) electrons. The lowest BCUT2D eigenvalue weighted by Crippen LogP contribution is -2.07. The van der Waals surface area contributed by atoms with Gasteiger partial charge in [-0.25, -0.2) is 0 Å². The van der Waals surface area contributed by atoms with Gasteiger partial charge in [0, 0.05) is 17.2 Å². The van der Waals surface area contributed by atoms with E-state index in [9.17, 15) is 25.2 Å². The van der Waals surface area contributed by atoms with E-state index in [4.69, 9.17) is 4.42 Å². The molecule has 0 aliphatic rings. The molecular formula is C16H12O6. The van der Waals surface area contributed by atoms with Crippen LogP contribution in [-0.2, 0) is 0 Å². The van der Waals surface area contributed by atoms with Gasteiger partial charge in [0.05, 0.1) is 5.39 Å². The largest absolute Gasteiger partial charge is 0.504 e. The van der Waals surface area contributed by atoms with Gasteiger partial charge in [0.15, 0.2) is 28.4 Å². The van der Waals surface area contributed by atoms with Crippen LogP contribution in [0.5, 0.6) is 23.0 Å². The minimum Gasteiger partial charge on any atom is -0.504 e. The summed E-state index contributed by atoms with van der Waals surface area (Å²) in [6, 6.07) is 6.33. The monoisotopic (exact) mass is 300 g/mol. The highest BCUT2D eigenvalue weighted by Gasteiger charge is 2.16. The predicted molar refractivity (Wildman–Crippen MR) is 79.3 cm³/mol. The van der Waals surface area contributed by atoms with Crippen LogP contribution in [0.2, 0.25) is 0 Å². The summed E-state index contributed by atoms with van der Waals surface area (Å²) in [5, 5.41) is 38.1. The zero-order valence-corrected chi connectivity index (χ0v) is 11.5. The molecule has 1 heterocycles. The minimum atomic E-state index is -0.408. The summed E-state index contributed by atoms with van der Waals surface area (Å²) < 4.78 is 5.63. The zero-order chi connectivity index (χ0) is 16.0. The summed E-state index contributed by atoms with van der Waals surface area (Å²) in [7, 11) is 0. The second-order valence-electron chi connectivity index (χ2n) is 4.93. The Bertz CT molecular complexity index is 955. The lowest BCUT2D eigenvalue weighted by molar-refractivity contribution is 0.403. The Kier molecular flexibility index (Phi) is 2.95. The highest BCUT2D eigenvalue weighted by molar-refractivity contribution is 5.83. The Morgan fingerprint density at radius 3 is 2.18 bits per heavy atom. The Morgan fingerprint density at radius 1 is 0.864 bits per heavy atom. The molecule has 2 aromatic carbocycles. The van der Waals surface area contributed by atoms with Gasteiger partial charge in [-0.15, -0.1) is 0 Å². The van der Waals surface area contributed by atoms with E-state index in [-0.39, 0.29) is 39.2 Å². The van der Waals surface area contributed by atoms with E-state index >= 15 is 0 Å². The van der Waals surface area contributed by atoms with Crippen molar-refractivity contribution in [3.05, 3.63) is 46.1 Å². The van der Waals surface area contributed by atoms with Crippen LogP contribution >= 0.6 is 0 Å². The van der Waals surface area contributed by atoms with Crippen molar-refractivity contribution < 1.29 is 24.8 Å². The fourth-order valence-electron chi connectivity index (χ4n) is 2.25. The minimum absolute atomic E-state index is 0.105. The third-order valence-electron chi connectivity index (χ3n) is 3.45. The molecule has 0 spiro atoms. The van der Waals surface area contributed by atoms with Gasteiger partial charge in [-0.1, -0.05) is 0 Å². The summed E-state index contributed by atoms with van der Waals surface area (Å²) in [6.07, 6.45) is 0. The highest BCUT2D eigenvalue weighted by Crippen LogP contribution is 2.35. The lowest BCUT2D eigenvalue weighted by Gasteiger charge is -2.09. The van der Waals surface area contributed by atoms with Crippen LogP contribution in [0.4, 0.5) is 0 Å². The predicted octanol–water partition coefficient (Wildman–Crippen LogP) is 2.59. The second-order valence-corrected chi connectivity index (χ2v) is 4.93. The van der Waals surface area contributed by atoms with Gasteiger partial charge in [0.25, 0.3) is 0 Å². The normalized spacial score (nSPS) is 11.0. The first kappa shape index (κ1) is 13.8. The maximum Gasteiger partial charge on any atom is 0.196 e. The molecule has 0 unspecified atom stereocenters. The zero-order valence-electron chi connectivity index (χ0n) is 11.5. The van der Waals surface area contributed by atoms with Crippen molar-refractivity contribution in [3.63, 3.8) is 0 Å². The average molecular weight is 300 g/mol. The Hall–Kier alpha value is -3.15.